The summed E-state index contributed by atoms with van der Waals surface area (Å²) in [5.74, 6) is 0.454. The van der Waals surface area contributed by atoms with Crippen molar-refractivity contribution in [3.63, 3.8) is 0 Å². The number of fused-ring (bicyclic) bond motifs is 1. The van der Waals surface area contributed by atoms with Crippen LogP contribution in [0, 0.1) is 0 Å². The quantitative estimate of drug-likeness (QED) is 0.358. The number of hydrogen-bond donors (Lipinski definition) is 2. The standard InChI is InChI=1S/C27H32N8O3S/c1-18(36)16-35-17-19(15-28-35)20-6-5-7-21(29-20)26(37)30-22-14-23-24(31-25(22)33-8-3-2-4-9-33)32-27(39-23)34-10-12-38-13-11-34/h5-7,14-15,17-18,36H,2-4,8-13,16H2,1H3,(H,30,37)/t18-/m0/s1. The number of nitrogens with one attached hydrogen (secondary N) is 1. The van der Waals surface area contributed by atoms with Gasteiger partial charge in [-0.1, -0.05) is 17.4 Å². The van der Waals surface area contributed by atoms with Crippen molar-refractivity contribution in [3.05, 3.63) is 42.4 Å². The molecule has 1 atom stereocenters. The third-order valence-corrected chi connectivity index (χ3v) is 7.95. The van der Waals surface area contributed by atoms with E-state index in [0.717, 1.165) is 60.2 Å². The van der Waals surface area contributed by atoms with Gasteiger partial charge < -0.3 is 25.0 Å². The average Bonchev–Trinajstić information content (AvgIpc) is 3.60. The van der Waals surface area contributed by atoms with Gasteiger partial charge >= 0.3 is 0 Å². The number of nitrogens with zero attached hydrogens (tertiary/aromatic N) is 7. The zero-order valence-electron chi connectivity index (χ0n) is 21.9. The first kappa shape index (κ1) is 25.7. The second-order valence-electron chi connectivity index (χ2n) is 9.99. The van der Waals surface area contributed by atoms with E-state index in [1.807, 2.05) is 24.4 Å². The third kappa shape index (κ3) is 5.72. The molecular weight excluding hydrogens is 516 g/mol. The fraction of sp³-hybridized carbons (Fsp3) is 0.444. The summed E-state index contributed by atoms with van der Waals surface area (Å²) in [7, 11) is 0. The number of aliphatic hydroxyl groups is 1. The van der Waals surface area contributed by atoms with Crippen LogP contribution in [-0.4, -0.2) is 81.2 Å². The summed E-state index contributed by atoms with van der Waals surface area (Å²) in [5, 5.41) is 18.0. The van der Waals surface area contributed by atoms with E-state index < -0.39 is 6.10 Å². The van der Waals surface area contributed by atoms with E-state index in [2.05, 4.69) is 25.2 Å². The summed E-state index contributed by atoms with van der Waals surface area (Å²) in [4.78, 5) is 32.3. The van der Waals surface area contributed by atoms with Crippen LogP contribution >= 0.6 is 11.3 Å². The van der Waals surface area contributed by atoms with E-state index in [-0.39, 0.29) is 5.91 Å². The number of thiazole rings is 1. The smallest absolute Gasteiger partial charge is 0.274 e. The number of anilines is 3. The molecule has 2 fully saturated rings. The molecule has 1 amide bonds. The van der Waals surface area contributed by atoms with E-state index in [9.17, 15) is 9.90 Å². The number of hydrogen-bond acceptors (Lipinski definition) is 10. The summed E-state index contributed by atoms with van der Waals surface area (Å²) in [6.45, 7) is 6.89. The lowest BCUT2D eigenvalue weighted by Crippen LogP contribution is -2.36. The maximum atomic E-state index is 13.5. The first-order chi connectivity index (χ1) is 19.0. The minimum atomic E-state index is -0.508. The van der Waals surface area contributed by atoms with Crippen molar-refractivity contribution in [2.75, 3.05) is 54.5 Å². The molecule has 0 spiro atoms. The van der Waals surface area contributed by atoms with Crippen molar-refractivity contribution in [1.82, 2.24) is 24.7 Å². The van der Waals surface area contributed by atoms with Gasteiger partial charge in [0.15, 0.2) is 16.6 Å². The summed E-state index contributed by atoms with van der Waals surface area (Å²) < 4.78 is 8.09. The largest absolute Gasteiger partial charge is 0.391 e. The topological polar surface area (TPSA) is 122 Å². The number of aromatic nitrogens is 5. The van der Waals surface area contributed by atoms with Gasteiger partial charge in [-0.3, -0.25) is 9.48 Å². The molecule has 2 N–H and O–H groups in total. The molecule has 2 aliphatic rings. The summed E-state index contributed by atoms with van der Waals surface area (Å²) in [6.07, 6.45) is 6.38. The van der Waals surface area contributed by atoms with Crippen LogP contribution in [0.3, 0.4) is 0 Å². The number of carbonyl (C=O) groups is 1. The van der Waals surface area contributed by atoms with Gasteiger partial charge in [0, 0.05) is 37.9 Å². The monoisotopic (exact) mass is 548 g/mol. The Morgan fingerprint density at radius 2 is 1.92 bits per heavy atom. The predicted octanol–water partition coefficient (Wildman–Crippen LogP) is 3.41. The van der Waals surface area contributed by atoms with Gasteiger partial charge in [0.25, 0.3) is 5.91 Å². The normalized spacial score (nSPS) is 17.0. The molecule has 4 aromatic heterocycles. The molecule has 204 valence electrons. The minimum absolute atomic E-state index is 0.300. The van der Waals surface area contributed by atoms with Crippen LogP contribution in [0.15, 0.2) is 36.7 Å². The van der Waals surface area contributed by atoms with E-state index in [1.54, 1.807) is 35.2 Å². The molecule has 39 heavy (non-hydrogen) atoms. The zero-order chi connectivity index (χ0) is 26.8. The molecule has 0 radical (unpaired) electrons. The number of piperidine rings is 1. The van der Waals surface area contributed by atoms with E-state index in [4.69, 9.17) is 14.7 Å². The Kier molecular flexibility index (Phi) is 7.40. The van der Waals surface area contributed by atoms with Crippen LogP contribution in [0.2, 0.25) is 0 Å². The highest BCUT2D eigenvalue weighted by Gasteiger charge is 2.23. The second-order valence-corrected chi connectivity index (χ2v) is 11.0. The van der Waals surface area contributed by atoms with Crippen LogP contribution in [-0.2, 0) is 11.3 Å². The summed E-state index contributed by atoms with van der Waals surface area (Å²) in [6, 6.07) is 7.36. The van der Waals surface area contributed by atoms with Gasteiger partial charge in [-0.2, -0.15) is 10.1 Å². The van der Waals surface area contributed by atoms with Crippen molar-refractivity contribution >= 4 is 44.2 Å². The Morgan fingerprint density at radius 3 is 2.72 bits per heavy atom. The molecule has 12 heteroatoms. The lowest BCUT2D eigenvalue weighted by molar-refractivity contribution is 0.102. The Labute approximate surface area is 230 Å². The van der Waals surface area contributed by atoms with Gasteiger partial charge in [0.05, 0.1) is 48.1 Å². The molecule has 0 bridgehead atoms. The molecule has 6 heterocycles. The Balaban J connectivity index is 1.29. The Hall–Kier alpha value is -3.61. The van der Waals surface area contributed by atoms with E-state index in [0.29, 0.717) is 42.5 Å². The molecular formula is C27H32N8O3S. The average molecular weight is 549 g/mol. The van der Waals surface area contributed by atoms with Crippen LogP contribution in [0.4, 0.5) is 16.6 Å². The van der Waals surface area contributed by atoms with Crippen molar-refractivity contribution in [3.8, 4) is 11.3 Å². The van der Waals surface area contributed by atoms with E-state index in [1.165, 1.54) is 6.42 Å². The van der Waals surface area contributed by atoms with Gasteiger partial charge in [-0.15, -0.1) is 0 Å². The van der Waals surface area contributed by atoms with Crippen LogP contribution in [0.25, 0.3) is 21.6 Å². The molecule has 0 unspecified atom stereocenters. The highest BCUT2D eigenvalue weighted by molar-refractivity contribution is 7.22. The van der Waals surface area contributed by atoms with Crippen molar-refractivity contribution in [2.24, 2.45) is 0 Å². The van der Waals surface area contributed by atoms with Crippen molar-refractivity contribution < 1.29 is 14.6 Å². The molecule has 11 nitrogen and oxygen atoms in total. The van der Waals surface area contributed by atoms with Crippen LogP contribution in [0.1, 0.15) is 36.7 Å². The summed E-state index contributed by atoms with van der Waals surface area (Å²) >= 11 is 1.59. The maximum Gasteiger partial charge on any atom is 0.274 e. The highest BCUT2D eigenvalue weighted by Crippen LogP contribution is 2.35. The number of morpholine rings is 1. The number of rotatable bonds is 7. The lowest BCUT2D eigenvalue weighted by Gasteiger charge is -2.29. The van der Waals surface area contributed by atoms with Crippen molar-refractivity contribution in [2.45, 2.75) is 38.8 Å². The molecule has 2 aliphatic heterocycles. The van der Waals surface area contributed by atoms with Crippen molar-refractivity contribution in [1.29, 1.82) is 0 Å². The zero-order valence-corrected chi connectivity index (χ0v) is 22.7. The maximum absolute atomic E-state index is 13.5. The van der Waals surface area contributed by atoms with Crippen LogP contribution in [0.5, 0.6) is 0 Å². The molecule has 2 saturated heterocycles. The van der Waals surface area contributed by atoms with E-state index >= 15 is 0 Å². The number of pyridine rings is 2. The number of ether oxygens (including phenoxy) is 1. The highest BCUT2D eigenvalue weighted by atomic mass is 32.1. The third-order valence-electron chi connectivity index (χ3n) is 6.90. The first-order valence-corrected chi connectivity index (χ1v) is 14.2. The second kappa shape index (κ2) is 11.2. The van der Waals surface area contributed by atoms with Crippen LogP contribution < -0.4 is 15.1 Å². The number of carbonyl (C=O) groups excluding carboxylic acids is 1. The Morgan fingerprint density at radius 1 is 1.10 bits per heavy atom. The fourth-order valence-corrected chi connectivity index (χ4v) is 5.95. The minimum Gasteiger partial charge on any atom is -0.391 e. The molecule has 0 aliphatic carbocycles. The molecule has 0 saturated carbocycles. The molecule has 6 rings (SSSR count). The van der Waals surface area contributed by atoms with Gasteiger partial charge in [0.2, 0.25) is 0 Å². The van der Waals surface area contributed by atoms with Gasteiger partial charge in [0.1, 0.15) is 5.69 Å². The summed E-state index contributed by atoms with van der Waals surface area (Å²) in [5.41, 5.74) is 3.10. The lowest BCUT2D eigenvalue weighted by atomic mass is 10.1. The SMILES string of the molecule is C[C@H](O)Cn1cc(-c2cccc(C(=O)Nc3cc4sc(N5CCOCC5)nc4nc3N3CCCCC3)n2)cn1. The first-order valence-electron chi connectivity index (χ1n) is 13.4. The number of amides is 1. The van der Waals surface area contributed by atoms with Gasteiger partial charge in [-0.05, 0) is 44.4 Å². The Bertz CT molecular complexity index is 1460. The van der Waals surface area contributed by atoms with Gasteiger partial charge in [-0.25, -0.2) is 9.97 Å². The molecule has 0 aromatic carbocycles. The predicted molar refractivity (Wildman–Crippen MR) is 152 cm³/mol. The number of aliphatic hydroxyl groups excluding tert-OH is 1. The molecule has 4 aromatic rings. The fourth-order valence-electron chi connectivity index (χ4n) is 4.95.